The number of nitrogens with one attached hydrogen (secondary N) is 2. The Morgan fingerprint density at radius 1 is 1.54 bits per heavy atom. The summed E-state index contributed by atoms with van der Waals surface area (Å²) in [5, 5.41) is 18.2. The largest absolute Gasteiger partial charge is 0.450 e. The van der Waals surface area contributed by atoms with Crippen LogP contribution in [0.2, 0.25) is 5.02 Å². The van der Waals surface area contributed by atoms with Crippen LogP contribution >= 0.6 is 11.6 Å². The van der Waals surface area contributed by atoms with E-state index in [-0.39, 0.29) is 5.92 Å². The maximum atomic E-state index is 11.5. The zero-order chi connectivity index (χ0) is 17.4. The third-order valence-corrected chi connectivity index (χ3v) is 4.81. The summed E-state index contributed by atoms with van der Waals surface area (Å²) in [5.74, 6) is 0.132. The van der Waals surface area contributed by atoms with Crippen molar-refractivity contribution in [2.75, 3.05) is 26.2 Å². The first-order valence-electron chi connectivity index (χ1n) is 8.66. The number of aliphatic hydroxyl groups is 1. The van der Waals surface area contributed by atoms with E-state index < -0.39 is 11.7 Å². The van der Waals surface area contributed by atoms with E-state index in [2.05, 4.69) is 10.6 Å². The Bertz CT molecular complexity index is 535. The topological polar surface area (TPSA) is 70.6 Å². The molecule has 1 aliphatic heterocycles. The summed E-state index contributed by atoms with van der Waals surface area (Å²) in [6.45, 7) is 4.38. The van der Waals surface area contributed by atoms with Crippen LogP contribution in [-0.4, -0.2) is 37.4 Å². The van der Waals surface area contributed by atoms with E-state index in [1.54, 1.807) is 6.92 Å². The molecule has 0 spiro atoms. The van der Waals surface area contributed by atoms with Crippen molar-refractivity contribution in [3.63, 3.8) is 0 Å². The molecule has 1 amide bonds. The summed E-state index contributed by atoms with van der Waals surface area (Å²) in [7, 11) is 0. The fraction of sp³-hybridized carbons (Fsp3) is 0.611. The highest BCUT2D eigenvalue weighted by molar-refractivity contribution is 6.30. The Kier molecular flexibility index (Phi) is 7.34. The van der Waals surface area contributed by atoms with Gasteiger partial charge in [-0.2, -0.15) is 0 Å². The Morgan fingerprint density at radius 2 is 2.38 bits per heavy atom. The van der Waals surface area contributed by atoms with Crippen molar-refractivity contribution in [2.24, 2.45) is 5.92 Å². The lowest BCUT2D eigenvalue weighted by molar-refractivity contribution is -0.0420. The number of hydrogen-bond acceptors (Lipinski definition) is 4. The molecule has 1 aromatic rings. The second-order valence-electron chi connectivity index (χ2n) is 6.23. The number of alkyl carbamates (subject to hydrolysis) is 1. The highest BCUT2D eigenvalue weighted by Crippen LogP contribution is 2.38. The monoisotopic (exact) mass is 354 g/mol. The predicted octanol–water partition coefficient (Wildman–Crippen LogP) is 3.05. The maximum absolute atomic E-state index is 11.5. The molecular weight excluding hydrogens is 328 g/mol. The lowest BCUT2D eigenvalue weighted by Crippen LogP contribution is -2.44. The normalized spacial score (nSPS) is 20.2. The van der Waals surface area contributed by atoms with E-state index >= 15 is 0 Å². The molecule has 5 nitrogen and oxygen atoms in total. The predicted molar refractivity (Wildman–Crippen MR) is 95.2 cm³/mol. The third kappa shape index (κ3) is 5.10. The molecule has 24 heavy (non-hydrogen) atoms. The van der Waals surface area contributed by atoms with Crippen molar-refractivity contribution in [3.8, 4) is 0 Å². The molecule has 0 saturated carbocycles. The number of rotatable bonds is 7. The third-order valence-electron chi connectivity index (χ3n) is 4.58. The average molecular weight is 355 g/mol. The van der Waals surface area contributed by atoms with Crippen LogP contribution in [0.5, 0.6) is 0 Å². The number of hydrogen-bond donors (Lipinski definition) is 3. The van der Waals surface area contributed by atoms with Gasteiger partial charge >= 0.3 is 6.09 Å². The van der Waals surface area contributed by atoms with E-state index in [0.29, 0.717) is 31.0 Å². The van der Waals surface area contributed by atoms with E-state index in [1.807, 2.05) is 24.3 Å². The Hall–Kier alpha value is -1.30. The lowest BCUT2D eigenvalue weighted by atomic mass is 9.74. The first kappa shape index (κ1) is 19.0. The molecule has 1 heterocycles. The van der Waals surface area contributed by atoms with Gasteiger partial charge in [-0.1, -0.05) is 23.7 Å². The van der Waals surface area contributed by atoms with Gasteiger partial charge in [0.1, 0.15) is 0 Å². The van der Waals surface area contributed by atoms with Crippen molar-refractivity contribution in [1.29, 1.82) is 0 Å². The van der Waals surface area contributed by atoms with Gasteiger partial charge in [0.25, 0.3) is 0 Å². The summed E-state index contributed by atoms with van der Waals surface area (Å²) in [5.41, 5.74) is -0.103. The molecule has 134 valence electrons. The maximum Gasteiger partial charge on any atom is 0.407 e. The lowest BCUT2D eigenvalue weighted by Gasteiger charge is -2.39. The molecule has 6 heteroatoms. The molecule has 1 fully saturated rings. The van der Waals surface area contributed by atoms with Crippen molar-refractivity contribution >= 4 is 17.7 Å². The minimum atomic E-state index is -0.950. The van der Waals surface area contributed by atoms with Crippen molar-refractivity contribution in [1.82, 2.24) is 10.6 Å². The van der Waals surface area contributed by atoms with Crippen LogP contribution in [0, 0.1) is 5.92 Å². The van der Waals surface area contributed by atoms with Crippen LogP contribution in [0.3, 0.4) is 0 Å². The zero-order valence-corrected chi connectivity index (χ0v) is 14.9. The summed E-state index contributed by atoms with van der Waals surface area (Å²) in [6.07, 6.45) is 2.84. The Labute approximate surface area is 148 Å². The van der Waals surface area contributed by atoms with Crippen LogP contribution < -0.4 is 10.6 Å². The summed E-state index contributed by atoms with van der Waals surface area (Å²) in [4.78, 5) is 11.4. The number of carbonyl (C=O) groups excluding carboxylic acids is 1. The highest BCUT2D eigenvalue weighted by atomic mass is 35.5. The van der Waals surface area contributed by atoms with Crippen molar-refractivity contribution in [3.05, 3.63) is 34.9 Å². The quantitative estimate of drug-likeness (QED) is 0.658. The molecule has 1 aromatic carbocycles. The standard InChI is InChI=1S/C18H27ClN2O3/c1-2-24-17(22)21-11-5-9-18(23,15-7-4-10-20-13-15)14-6-3-8-16(19)12-14/h3,6,8,12,15,20,23H,2,4-5,7,9-11,13H2,1H3,(H,21,22). The minimum absolute atomic E-state index is 0.132. The molecular formula is C18H27ClN2O3. The molecule has 0 radical (unpaired) electrons. The van der Waals surface area contributed by atoms with Crippen LogP contribution in [0.4, 0.5) is 4.79 Å². The number of ether oxygens (including phenoxy) is 1. The minimum Gasteiger partial charge on any atom is -0.450 e. The molecule has 0 bridgehead atoms. The molecule has 2 atom stereocenters. The fourth-order valence-electron chi connectivity index (χ4n) is 3.33. The molecule has 0 aromatic heterocycles. The van der Waals surface area contributed by atoms with Crippen LogP contribution in [-0.2, 0) is 10.3 Å². The number of halogens is 1. The van der Waals surface area contributed by atoms with Gasteiger partial charge in [-0.15, -0.1) is 0 Å². The number of benzene rings is 1. The van der Waals surface area contributed by atoms with E-state index in [1.165, 1.54) is 0 Å². The number of carbonyl (C=O) groups is 1. The Balaban J connectivity index is 2.04. The fourth-order valence-corrected chi connectivity index (χ4v) is 3.52. The van der Waals surface area contributed by atoms with Crippen molar-refractivity contribution in [2.45, 2.75) is 38.2 Å². The van der Waals surface area contributed by atoms with Gasteiger partial charge in [0.05, 0.1) is 12.2 Å². The van der Waals surface area contributed by atoms with Gasteiger partial charge in [0.2, 0.25) is 0 Å². The van der Waals surface area contributed by atoms with E-state index in [4.69, 9.17) is 16.3 Å². The van der Waals surface area contributed by atoms with Gasteiger partial charge in [0, 0.05) is 24.0 Å². The van der Waals surface area contributed by atoms with Gasteiger partial charge in [0.15, 0.2) is 0 Å². The number of amides is 1. The highest BCUT2D eigenvalue weighted by Gasteiger charge is 2.38. The SMILES string of the molecule is CCOC(=O)NCCCC(O)(c1cccc(Cl)c1)C1CCCNC1. The first-order valence-corrected chi connectivity index (χ1v) is 9.04. The van der Waals surface area contributed by atoms with Crippen LogP contribution in [0.25, 0.3) is 0 Å². The van der Waals surface area contributed by atoms with Crippen molar-refractivity contribution < 1.29 is 14.6 Å². The summed E-state index contributed by atoms with van der Waals surface area (Å²) < 4.78 is 4.85. The summed E-state index contributed by atoms with van der Waals surface area (Å²) in [6, 6.07) is 7.46. The molecule has 1 aliphatic rings. The van der Waals surface area contributed by atoms with E-state index in [0.717, 1.165) is 31.5 Å². The number of piperidine rings is 1. The summed E-state index contributed by atoms with van der Waals surface area (Å²) >= 11 is 6.13. The van der Waals surface area contributed by atoms with E-state index in [9.17, 15) is 9.90 Å². The second-order valence-corrected chi connectivity index (χ2v) is 6.67. The van der Waals surface area contributed by atoms with Crippen LogP contribution in [0.1, 0.15) is 38.2 Å². The molecule has 1 saturated heterocycles. The average Bonchev–Trinajstić information content (AvgIpc) is 2.59. The second kappa shape index (κ2) is 9.25. The van der Waals surface area contributed by atoms with Crippen LogP contribution in [0.15, 0.2) is 24.3 Å². The molecule has 0 aliphatic carbocycles. The van der Waals surface area contributed by atoms with Gasteiger partial charge in [-0.3, -0.25) is 0 Å². The van der Waals surface area contributed by atoms with Gasteiger partial charge in [-0.05, 0) is 56.8 Å². The molecule has 2 rings (SSSR count). The zero-order valence-electron chi connectivity index (χ0n) is 14.2. The molecule has 3 N–H and O–H groups in total. The molecule has 2 unspecified atom stereocenters. The first-order chi connectivity index (χ1) is 11.6. The smallest absolute Gasteiger partial charge is 0.407 e. The Morgan fingerprint density at radius 3 is 3.04 bits per heavy atom. The van der Waals surface area contributed by atoms with Gasteiger partial charge in [-0.25, -0.2) is 4.79 Å². The van der Waals surface area contributed by atoms with Gasteiger partial charge < -0.3 is 20.5 Å².